The lowest BCUT2D eigenvalue weighted by Gasteiger charge is -2.19. The summed E-state index contributed by atoms with van der Waals surface area (Å²) in [6.07, 6.45) is 7.99. The van der Waals surface area contributed by atoms with E-state index in [1.807, 2.05) is 0 Å². The molecule has 1 aliphatic heterocycles. The van der Waals surface area contributed by atoms with E-state index in [9.17, 15) is 0 Å². The minimum absolute atomic E-state index is 0. The van der Waals surface area contributed by atoms with Gasteiger partial charge in [-0.15, -0.1) is 30.4 Å². The average Bonchev–Trinajstić information content (AvgIpc) is 3.11. The molecule has 2 aliphatic rings. The second kappa shape index (κ2) is 7.19. The first-order valence-electron chi connectivity index (χ1n) is 6.39. The molecule has 5 heteroatoms. The molecule has 2 rings (SSSR count). The summed E-state index contributed by atoms with van der Waals surface area (Å²) in [7, 11) is 1.78. The van der Waals surface area contributed by atoms with E-state index >= 15 is 0 Å². The molecule has 0 amide bonds. The molecule has 0 aromatic carbocycles. The van der Waals surface area contributed by atoms with Crippen LogP contribution in [-0.4, -0.2) is 49.6 Å². The van der Waals surface area contributed by atoms with E-state index < -0.39 is 0 Å². The van der Waals surface area contributed by atoms with Gasteiger partial charge in [0.15, 0.2) is 5.96 Å². The van der Waals surface area contributed by atoms with Crippen LogP contribution in [0.25, 0.3) is 0 Å². The first kappa shape index (κ1) is 15.6. The SMILES string of the molecule is C#CCNC(=NC)NC1CN(C2CC2)CC1C.I. The zero-order valence-corrected chi connectivity index (χ0v) is 13.5. The number of rotatable bonds is 3. The Morgan fingerprint density at radius 1 is 1.44 bits per heavy atom. The van der Waals surface area contributed by atoms with Gasteiger partial charge in [0.05, 0.1) is 6.54 Å². The summed E-state index contributed by atoms with van der Waals surface area (Å²) in [4.78, 5) is 6.78. The molecule has 1 aliphatic carbocycles. The third-order valence-corrected chi connectivity index (χ3v) is 3.61. The van der Waals surface area contributed by atoms with Gasteiger partial charge in [-0.2, -0.15) is 0 Å². The van der Waals surface area contributed by atoms with Crippen molar-refractivity contribution in [3.8, 4) is 12.3 Å². The van der Waals surface area contributed by atoms with Crippen LogP contribution in [0.15, 0.2) is 4.99 Å². The maximum atomic E-state index is 5.23. The number of likely N-dealkylation sites (tertiary alicyclic amines) is 1. The Balaban J connectivity index is 0.00000162. The number of terminal acetylenes is 1. The maximum absolute atomic E-state index is 5.23. The molecule has 2 fully saturated rings. The van der Waals surface area contributed by atoms with Crippen LogP contribution in [0.1, 0.15) is 19.8 Å². The Hall–Kier alpha value is -0.480. The molecule has 18 heavy (non-hydrogen) atoms. The highest BCUT2D eigenvalue weighted by molar-refractivity contribution is 14.0. The van der Waals surface area contributed by atoms with Gasteiger partial charge in [0.25, 0.3) is 0 Å². The highest BCUT2D eigenvalue weighted by Gasteiger charge is 2.38. The number of hydrogen-bond acceptors (Lipinski definition) is 2. The molecular formula is C13H23IN4. The number of nitrogens with zero attached hydrogens (tertiary/aromatic N) is 2. The quantitative estimate of drug-likeness (QED) is 0.339. The van der Waals surface area contributed by atoms with Crippen molar-refractivity contribution < 1.29 is 0 Å². The van der Waals surface area contributed by atoms with Crippen LogP contribution in [0.2, 0.25) is 0 Å². The summed E-state index contributed by atoms with van der Waals surface area (Å²) in [5.74, 6) is 4.05. The van der Waals surface area contributed by atoms with Gasteiger partial charge < -0.3 is 10.6 Å². The molecule has 1 heterocycles. The fraction of sp³-hybridized carbons (Fsp3) is 0.769. The summed E-state index contributed by atoms with van der Waals surface area (Å²) in [6, 6.07) is 1.34. The molecule has 1 saturated carbocycles. The van der Waals surface area contributed by atoms with Crippen LogP contribution in [0.5, 0.6) is 0 Å². The van der Waals surface area contributed by atoms with Crippen molar-refractivity contribution in [1.29, 1.82) is 0 Å². The fourth-order valence-corrected chi connectivity index (χ4v) is 2.44. The Labute approximate surface area is 127 Å². The van der Waals surface area contributed by atoms with Gasteiger partial charge in [0.1, 0.15) is 0 Å². The van der Waals surface area contributed by atoms with Crippen molar-refractivity contribution in [1.82, 2.24) is 15.5 Å². The lowest BCUT2D eigenvalue weighted by Crippen LogP contribution is -2.46. The molecule has 102 valence electrons. The van der Waals surface area contributed by atoms with E-state index in [2.05, 4.69) is 33.4 Å². The largest absolute Gasteiger partial charge is 0.352 e. The van der Waals surface area contributed by atoms with Crippen LogP contribution in [-0.2, 0) is 0 Å². The smallest absolute Gasteiger partial charge is 0.192 e. The van der Waals surface area contributed by atoms with E-state index in [0.29, 0.717) is 18.5 Å². The second-order valence-electron chi connectivity index (χ2n) is 5.04. The van der Waals surface area contributed by atoms with Crippen LogP contribution < -0.4 is 10.6 Å². The van der Waals surface area contributed by atoms with Crippen molar-refractivity contribution in [2.75, 3.05) is 26.7 Å². The van der Waals surface area contributed by atoms with Gasteiger partial charge in [0.2, 0.25) is 0 Å². The third kappa shape index (κ3) is 4.02. The average molecular weight is 362 g/mol. The number of guanidine groups is 1. The number of nitrogens with one attached hydrogen (secondary N) is 2. The number of halogens is 1. The lowest BCUT2D eigenvalue weighted by atomic mass is 10.1. The van der Waals surface area contributed by atoms with E-state index in [4.69, 9.17) is 6.42 Å². The van der Waals surface area contributed by atoms with Gasteiger partial charge >= 0.3 is 0 Å². The predicted octanol–water partition coefficient (Wildman–Crippen LogP) is 0.885. The first-order chi connectivity index (χ1) is 8.24. The summed E-state index contributed by atoms with van der Waals surface area (Å²) in [6.45, 7) is 5.15. The molecule has 0 aromatic heterocycles. The minimum atomic E-state index is 0. The Kier molecular flexibility index (Phi) is 6.22. The molecule has 0 aromatic rings. The van der Waals surface area contributed by atoms with Gasteiger partial charge in [-0.3, -0.25) is 9.89 Å². The molecule has 4 nitrogen and oxygen atoms in total. The highest BCUT2D eigenvalue weighted by atomic mass is 127. The normalized spacial score (nSPS) is 28.4. The van der Waals surface area contributed by atoms with Gasteiger partial charge in [-0.05, 0) is 18.8 Å². The van der Waals surface area contributed by atoms with Crippen LogP contribution >= 0.6 is 24.0 Å². The van der Waals surface area contributed by atoms with Crippen molar-refractivity contribution >= 4 is 29.9 Å². The molecule has 2 atom stereocenters. The van der Waals surface area contributed by atoms with E-state index in [1.165, 1.54) is 19.4 Å². The monoisotopic (exact) mass is 362 g/mol. The highest BCUT2D eigenvalue weighted by Crippen LogP contribution is 2.31. The lowest BCUT2D eigenvalue weighted by molar-refractivity contribution is 0.315. The molecule has 2 unspecified atom stereocenters. The number of aliphatic imine (C=N–C) groups is 1. The molecule has 0 bridgehead atoms. The summed E-state index contributed by atoms with van der Waals surface area (Å²) >= 11 is 0. The van der Waals surface area contributed by atoms with Gasteiger partial charge in [-0.25, -0.2) is 0 Å². The Morgan fingerprint density at radius 2 is 2.17 bits per heavy atom. The minimum Gasteiger partial charge on any atom is -0.352 e. The van der Waals surface area contributed by atoms with Gasteiger partial charge in [-0.1, -0.05) is 12.8 Å². The van der Waals surface area contributed by atoms with Crippen molar-refractivity contribution in [3.05, 3.63) is 0 Å². The van der Waals surface area contributed by atoms with E-state index in [1.54, 1.807) is 7.05 Å². The fourth-order valence-electron chi connectivity index (χ4n) is 2.44. The van der Waals surface area contributed by atoms with Crippen molar-refractivity contribution in [2.45, 2.75) is 31.8 Å². The molecule has 0 spiro atoms. The van der Waals surface area contributed by atoms with Crippen LogP contribution in [0, 0.1) is 18.3 Å². The molecule has 1 saturated heterocycles. The van der Waals surface area contributed by atoms with Crippen molar-refractivity contribution in [2.24, 2.45) is 10.9 Å². The Bertz CT molecular complexity index is 332. The standard InChI is InChI=1S/C13H22N4.HI/c1-4-7-15-13(14-3)16-12-9-17(8-10(12)2)11-5-6-11;/h1,10-12H,5-9H2,2-3H3,(H2,14,15,16);1H. The Morgan fingerprint density at radius 3 is 2.72 bits per heavy atom. The predicted molar refractivity (Wildman–Crippen MR) is 86.3 cm³/mol. The number of hydrogen-bond donors (Lipinski definition) is 2. The van der Waals surface area contributed by atoms with Crippen LogP contribution in [0.4, 0.5) is 0 Å². The third-order valence-electron chi connectivity index (χ3n) is 3.61. The maximum Gasteiger partial charge on any atom is 0.192 e. The molecule has 2 N–H and O–H groups in total. The summed E-state index contributed by atoms with van der Waals surface area (Å²) < 4.78 is 0. The van der Waals surface area contributed by atoms with Crippen molar-refractivity contribution in [3.63, 3.8) is 0 Å². The first-order valence-corrected chi connectivity index (χ1v) is 6.39. The van der Waals surface area contributed by atoms with Gasteiger partial charge in [0, 0.05) is 32.2 Å². The van der Waals surface area contributed by atoms with E-state index in [0.717, 1.165) is 18.5 Å². The van der Waals surface area contributed by atoms with E-state index in [-0.39, 0.29) is 24.0 Å². The summed E-state index contributed by atoms with van der Waals surface area (Å²) in [5.41, 5.74) is 0. The van der Waals surface area contributed by atoms with Crippen LogP contribution in [0.3, 0.4) is 0 Å². The summed E-state index contributed by atoms with van der Waals surface area (Å²) in [5, 5.41) is 6.57. The topological polar surface area (TPSA) is 39.7 Å². The molecular weight excluding hydrogens is 339 g/mol. The second-order valence-corrected chi connectivity index (χ2v) is 5.04. The molecule has 0 radical (unpaired) electrons. The zero-order chi connectivity index (χ0) is 12.3. The zero-order valence-electron chi connectivity index (χ0n) is 11.1.